The normalized spacial score (nSPS) is 28.5. The van der Waals surface area contributed by atoms with E-state index >= 15 is 0 Å². The van der Waals surface area contributed by atoms with Crippen molar-refractivity contribution in [3.8, 4) is 0 Å². The third-order valence-electron chi connectivity index (χ3n) is 5.10. The largest absolute Gasteiger partial charge is 0.388 e. The number of ether oxygens (including phenoxy) is 1. The Hall–Kier alpha value is -1.33. The van der Waals surface area contributed by atoms with Crippen LogP contribution in [-0.4, -0.2) is 77.1 Å². The van der Waals surface area contributed by atoms with Crippen LogP contribution >= 0.6 is 19.2 Å². The summed E-state index contributed by atoms with van der Waals surface area (Å²) < 4.78 is 18.3. The third-order valence-corrected chi connectivity index (χ3v) is 6.11. The van der Waals surface area contributed by atoms with Crippen molar-refractivity contribution in [2.45, 2.75) is 43.8 Å². The molecular formula is C15H21ClN5O6P. The number of aromatic nitrogens is 4. The number of rotatable bonds is 5. The van der Waals surface area contributed by atoms with Gasteiger partial charge < -0.3 is 29.6 Å². The molecule has 4 rings (SSSR count). The van der Waals surface area contributed by atoms with E-state index in [1.54, 1.807) is 0 Å². The second-order valence-electron chi connectivity index (χ2n) is 7.06. The van der Waals surface area contributed by atoms with E-state index in [9.17, 15) is 14.8 Å². The average Bonchev–Trinajstić information content (AvgIpc) is 3.34. The van der Waals surface area contributed by atoms with Crippen molar-refractivity contribution in [1.29, 1.82) is 0 Å². The number of fused-ring (bicyclic) bond motifs is 1. The fourth-order valence-electron chi connectivity index (χ4n) is 3.70. The number of hydrogen-bond donors (Lipinski definition) is 4. The van der Waals surface area contributed by atoms with Crippen LogP contribution in [0.5, 0.6) is 0 Å². The summed E-state index contributed by atoms with van der Waals surface area (Å²) in [5.41, 5.74) is 0.865. The van der Waals surface area contributed by atoms with Crippen molar-refractivity contribution in [3.05, 3.63) is 11.6 Å². The van der Waals surface area contributed by atoms with Crippen LogP contribution in [0.3, 0.4) is 0 Å². The summed E-state index contributed by atoms with van der Waals surface area (Å²) in [7, 11) is -4.24. The zero-order chi connectivity index (χ0) is 20.1. The van der Waals surface area contributed by atoms with Crippen molar-refractivity contribution in [2.75, 3.05) is 24.2 Å². The molecule has 2 aromatic heterocycles. The van der Waals surface area contributed by atoms with Gasteiger partial charge in [-0.1, -0.05) is 0 Å². The van der Waals surface area contributed by atoms with Crippen molar-refractivity contribution in [1.82, 2.24) is 19.5 Å². The number of imidazole rings is 1. The first-order valence-electron chi connectivity index (χ1n) is 8.96. The summed E-state index contributed by atoms with van der Waals surface area (Å²) in [5.74, 6) is 0.609. The molecule has 0 aromatic carbocycles. The van der Waals surface area contributed by atoms with E-state index in [1.807, 2.05) is 0 Å². The minimum atomic E-state index is -4.24. The average molecular weight is 434 g/mol. The number of aliphatic hydroxyl groups excluding tert-OH is 2. The van der Waals surface area contributed by atoms with Crippen molar-refractivity contribution < 1.29 is 29.3 Å². The Kier molecular flexibility index (Phi) is 5.34. The molecule has 154 valence electrons. The summed E-state index contributed by atoms with van der Waals surface area (Å²) >= 11 is 6.10. The van der Waals surface area contributed by atoms with Crippen LogP contribution in [0.2, 0.25) is 5.28 Å². The predicted molar refractivity (Wildman–Crippen MR) is 99.2 cm³/mol. The Morgan fingerprint density at radius 3 is 2.61 bits per heavy atom. The van der Waals surface area contributed by atoms with E-state index in [1.165, 1.54) is 10.9 Å². The summed E-state index contributed by atoms with van der Waals surface area (Å²) in [6.45, 7) is 1.67. The predicted octanol–water partition coefficient (Wildman–Crippen LogP) is 0.267. The molecule has 0 spiro atoms. The third kappa shape index (κ3) is 3.76. The van der Waals surface area contributed by atoms with E-state index in [0.717, 1.165) is 25.9 Å². The van der Waals surface area contributed by atoms with Crippen LogP contribution in [0, 0.1) is 0 Å². The molecule has 13 heteroatoms. The highest BCUT2D eigenvalue weighted by Crippen LogP contribution is 2.40. The fraction of sp³-hybridized carbons (Fsp3) is 0.667. The van der Waals surface area contributed by atoms with Crippen LogP contribution < -0.4 is 4.90 Å². The van der Waals surface area contributed by atoms with Crippen LogP contribution in [0.4, 0.5) is 5.82 Å². The van der Waals surface area contributed by atoms with E-state index in [-0.39, 0.29) is 11.7 Å². The Balaban J connectivity index is 1.65. The molecule has 2 saturated heterocycles. The maximum Gasteiger partial charge on any atom is 0.325 e. The molecule has 0 saturated carbocycles. The number of anilines is 1. The SMILES string of the molecule is O=P(O)(O)CCC1OC(n2cnc3c(N4CCCC4)nc(Cl)nc32)C(O)C1O. The molecule has 2 aromatic rings. The molecule has 2 aliphatic rings. The van der Waals surface area contributed by atoms with E-state index in [4.69, 9.17) is 26.1 Å². The van der Waals surface area contributed by atoms with E-state index in [2.05, 4.69) is 19.9 Å². The smallest absolute Gasteiger partial charge is 0.325 e. The highest BCUT2D eigenvalue weighted by molar-refractivity contribution is 7.51. The number of hydrogen-bond acceptors (Lipinski definition) is 8. The maximum absolute atomic E-state index is 11.1. The van der Waals surface area contributed by atoms with E-state index in [0.29, 0.717) is 17.0 Å². The fourth-order valence-corrected chi connectivity index (χ4v) is 4.46. The lowest BCUT2D eigenvalue weighted by molar-refractivity contribution is -0.0355. The molecule has 0 aliphatic carbocycles. The first kappa shape index (κ1) is 20.0. The van der Waals surface area contributed by atoms with Crippen molar-refractivity contribution >= 4 is 36.2 Å². The van der Waals surface area contributed by atoms with Crippen LogP contribution in [0.1, 0.15) is 25.5 Å². The van der Waals surface area contributed by atoms with Crippen LogP contribution in [0.15, 0.2) is 6.33 Å². The molecule has 28 heavy (non-hydrogen) atoms. The summed E-state index contributed by atoms with van der Waals surface area (Å²) in [6, 6.07) is 0. The van der Waals surface area contributed by atoms with E-state index < -0.39 is 38.3 Å². The Morgan fingerprint density at radius 1 is 1.21 bits per heavy atom. The Labute approximate surface area is 165 Å². The Morgan fingerprint density at radius 2 is 1.93 bits per heavy atom. The summed E-state index contributed by atoms with van der Waals surface area (Å²) in [5, 5.41) is 20.7. The van der Waals surface area contributed by atoms with Gasteiger partial charge in [0.2, 0.25) is 5.28 Å². The molecule has 4 N–H and O–H groups in total. The topological polar surface area (TPSA) is 154 Å². The number of aliphatic hydroxyl groups is 2. The molecule has 11 nitrogen and oxygen atoms in total. The molecule has 0 bridgehead atoms. The van der Waals surface area contributed by atoms with Gasteiger partial charge in [0, 0.05) is 13.1 Å². The molecule has 2 fully saturated rings. The molecular weight excluding hydrogens is 413 g/mol. The van der Waals surface area contributed by atoms with Gasteiger partial charge >= 0.3 is 7.60 Å². The molecule has 0 radical (unpaired) electrons. The second kappa shape index (κ2) is 7.49. The van der Waals surface area contributed by atoms with Crippen molar-refractivity contribution in [3.63, 3.8) is 0 Å². The lowest BCUT2D eigenvalue weighted by Crippen LogP contribution is -2.32. The lowest BCUT2D eigenvalue weighted by Gasteiger charge is -2.18. The summed E-state index contributed by atoms with van der Waals surface area (Å²) in [6.07, 6.45) is -1.59. The highest BCUT2D eigenvalue weighted by atomic mass is 35.5. The maximum atomic E-state index is 11.1. The molecule has 4 unspecified atom stereocenters. The first-order chi connectivity index (χ1) is 13.2. The van der Waals surface area contributed by atoms with Gasteiger partial charge in [-0.3, -0.25) is 9.13 Å². The second-order valence-corrected chi connectivity index (χ2v) is 9.17. The monoisotopic (exact) mass is 433 g/mol. The molecule has 0 amide bonds. The lowest BCUT2D eigenvalue weighted by atomic mass is 10.1. The van der Waals surface area contributed by atoms with Gasteiger partial charge in [-0.25, -0.2) is 4.98 Å². The zero-order valence-electron chi connectivity index (χ0n) is 14.8. The van der Waals surface area contributed by atoms with Gasteiger partial charge in [-0.05, 0) is 30.9 Å². The van der Waals surface area contributed by atoms with Gasteiger partial charge in [-0.2, -0.15) is 9.97 Å². The van der Waals surface area contributed by atoms with Crippen LogP contribution in [-0.2, 0) is 9.30 Å². The molecule has 2 aliphatic heterocycles. The zero-order valence-corrected chi connectivity index (χ0v) is 16.4. The minimum absolute atomic E-state index is 0.0298. The minimum Gasteiger partial charge on any atom is -0.388 e. The Bertz CT molecular complexity index is 916. The quantitative estimate of drug-likeness (QED) is 0.381. The molecule has 4 heterocycles. The van der Waals surface area contributed by atoms with Gasteiger partial charge in [0.25, 0.3) is 0 Å². The number of halogens is 1. The molecule has 4 atom stereocenters. The highest BCUT2D eigenvalue weighted by Gasteiger charge is 2.44. The number of nitrogens with zero attached hydrogens (tertiary/aromatic N) is 5. The summed E-state index contributed by atoms with van der Waals surface area (Å²) in [4.78, 5) is 33.0. The van der Waals surface area contributed by atoms with Crippen molar-refractivity contribution in [2.24, 2.45) is 0 Å². The van der Waals surface area contributed by atoms with Gasteiger partial charge in [-0.15, -0.1) is 0 Å². The standard InChI is InChI=1S/C15H21ClN5O6P/c16-15-18-12(20-4-1-2-5-20)9-13(19-15)21(7-17-9)14-11(23)10(22)8(27-14)3-6-28(24,25)26/h7-8,10-11,14,22-23H,1-6H2,(H2,24,25,26). The van der Waals surface area contributed by atoms with Gasteiger partial charge in [0.05, 0.1) is 18.6 Å². The van der Waals surface area contributed by atoms with Crippen LogP contribution in [0.25, 0.3) is 11.2 Å². The van der Waals surface area contributed by atoms with Gasteiger partial charge in [0.1, 0.15) is 12.2 Å². The van der Waals surface area contributed by atoms with Gasteiger partial charge in [0.15, 0.2) is 23.2 Å². The first-order valence-corrected chi connectivity index (χ1v) is 11.1.